The van der Waals surface area contributed by atoms with Gasteiger partial charge in [-0.15, -0.1) is 0 Å². The molecule has 3 rings (SSSR count). The molecule has 15 heavy (non-hydrogen) atoms. The quantitative estimate of drug-likeness (QED) is 0.759. The molecule has 0 saturated heterocycles. The van der Waals surface area contributed by atoms with E-state index in [0.717, 1.165) is 18.4 Å². The molecule has 6 nitrogen and oxygen atoms in total. The molecule has 1 fully saturated rings. The molecule has 2 heterocycles. The van der Waals surface area contributed by atoms with Crippen LogP contribution in [-0.2, 0) is 0 Å². The smallest absolute Gasteiger partial charge is 0.245 e. The van der Waals surface area contributed by atoms with Crippen LogP contribution in [0.5, 0.6) is 5.88 Å². The first-order chi connectivity index (χ1) is 7.33. The molecule has 6 heteroatoms. The average molecular weight is 205 g/mol. The van der Waals surface area contributed by atoms with Crippen molar-refractivity contribution in [2.24, 2.45) is 0 Å². The highest BCUT2D eigenvalue weighted by Gasteiger charge is 2.21. The Morgan fingerprint density at radius 2 is 2.27 bits per heavy atom. The minimum Gasteiger partial charge on any atom is -0.473 e. The highest BCUT2D eigenvalue weighted by atomic mass is 16.5. The van der Waals surface area contributed by atoms with Gasteiger partial charge >= 0.3 is 0 Å². The van der Waals surface area contributed by atoms with Crippen LogP contribution in [0.1, 0.15) is 19.3 Å². The van der Waals surface area contributed by atoms with Crippen LogP contribution in [0.4, 0.5) is 5.95 Å². The molecule has 0 aliphatic heterocycles. The lowest BCUT2D eigenvalue weighted by Crippen LogP contribution is -2.25. The van der Waals surface area contributed by atoms with Gasteiger partial charge in [-0.3, -0.25) is 0 Å². The van der Waals surface area contributed by atoms with Crippen LogP contribution in [0, 0.1) is 0 Å². The Hall–Kier alpha value is -1.85. The van der Waals surface area contributed by atoms with Crippen molar-refractivity contribution < 1.29 is 4.74 Å². The van der Waals surface area contributed by atoms with Crippen LogP contribution < -0.4 is 10.5 Å². The molecule has 0 aromatic carbocycles. The van der Waals surface area contributed by atoms with E-state index in [9.17, 15) is 0 Å². The summed E-state index contributed by atoms with van der Waals surface area (Å²) in [7, 11) is 0. The number of aromatic nitrogens is 4. The molecular weight excluding hydrogens is 194 g/mol. The lowest BCUT2D eigenvalue weighted by molar-refractivity contribution is 0.116. The first kappa shape index (κ1) is 8.46. The molecule has 0 spiro atoms. The lowest BCUT2D eigenvalue weighted by Gasteiger charge is -2.25. The maximum absolute atomic E-state index is 5.70. The number of nitrogens with two attached hydrogens (primary N) is 1. The summed E-state index contributed by atoms with van der Waals surface area (Å²) in [5.41, 5.74) is 6.83. The van der Waals surface area contributed by atoms with Crippen molar-refractivity contribution in [1.82, 2.24) is 19.9 Å². The molecule has 0 amide bonds. The van der Waals surface area contributed by atoms with Crippen molar-refractivity contribution in [2.75, 3.05) is 5.73 Å². The fourth-order valence-electron chi connectivity index (χ4n) is 1.55. The van der Waals surface area contributed by atoms with Crippen LogP contribution in [0.3, 0.4) is 0 Å². The van der Waals surface area contributed by atoms with Crippen molar-refractivity contribution in [1.29, 1.82) is 0 Å². The van der Waals surface area contributed by atoms with E-state index in [-0.39, 0.29) is 12.1 Å². The largest absolute Gasteiger partial charge is 0.473 e. The minimum atomic E-state index is 0.198. The third kappa shape index (κ3) is 1.38. The molecule has 0 radical (unpaired) electrons. The monoisotopic (exact) mass is 205 g/mol. The van der Waals surface area contributed by atoms with Gasteiger partial charge in [0.2, 0.25) is 11.8 Å². The van der Waals surface area contributed by atoms with E-state index in [1.807, 2.05) is 0 Å². The number of H-pyrrole nitrogens is 1. The summed E-state index contributed by atoms with van der Waals surface area (Å²) < 4.78 is 5.70. The topological polar surface area (TPSA) is 89.7 Å². The average Bonchev–Trinajstić information content (AvgIpc) is 2.58. The van der Waals surface area contributed by atoms with Crippen LogP contribution >= 0.6 is 0 Å². The summed E-state index contributed by atoms with van der Waals surface area (Å²) in [6, 6.07) is 0. The third-order valence-corrected chi connectivity index (χ3v) is 2.60. The fraction of sp³-hybridized carbons (Fsp3) is 0.444. The van der Waals surface area contributed by atoms with E-state index in [1.54, 1.807) is 6.33 Å². The van der Waals surface area contributed by atoms with Gasteiger partial charge in [-0.25, -0.2) is 4.98 Å². The van der Waals surface area contributed by atoms with Crippen molar-refractivity contribution in [2.45, 2.75) is 25.4 Å². The number of rotatable bonds is 2. The number of aromatic amines is 1. The van der Waals surface area contributed by atoms with Gasteiger partial charge in [0.15, 0.2) is 5.65 Å². The number of hydrogen-bond donors (Lipinski definition) is 2. The lowest BCUT2D eigenvalue weighted by atomic mass is 9.96. The van der Waals surface area contributed by atoms with E-state index in [4.69, 9.17) is 10.5 Å². The summed E-state index contributed by atoms with van der Waals surface area (Å²) in [6.45, 7) is 0. The van der Waals surface area contributed by atoms with Crippen LogP contribution in [0.15, 0.2) is 6.33 Å². The van der Waals surface area contributed by atoms with Gasteiger partial charge in [0.05, 0.1) is 6.33 Å². The normalized spacial score (nSPS) is 16.5. The molecule has 0 bridgehead atoms. The van der Waals surface area contributed by atoms with Gasteiger partial charge in [-0.2, -0.15) is 9.97 Å². The SMILES string of the molecule is Nc1nc(OC2CCC2)c2[nH]cnc2n1. The Labute approximate surface area is 85.9 Å². The zero-order chi connectivity index (χ0) is 10.3. The molecule has 1 aliphatic rings. The number of fused-ring (bicyclic) bond motifs is 1. The van der Waals surface area contributed by atoms with E-state index in [1.165, 1.54) is 6.42 Å². The second-order valence-electron chi connectivity index (χ2n) is 3.66. The molecule has 2 aromatic rings. The molecule has 2 aromatic heterocycles. The Morgan fingerprint density at radius 3 is 3.00 bits per heavy atom. The fourth-order valence-corrected chi connectivity index (χ4v) is 1.55. The molecule has 78 valence electrons. The Balaban J connectivity index is 2.02. The first-order valence-electron chi connectivity index (χ1n) is 4.96. The zero-order valence-corrected chi connectivity index (χ0v) is 8.10. The standard InChI is InChI=1S/C9H11N5O/c10-9-13-7-6(11-4-12-7)8(14-9)15-5-2-1-3-5/h4-5H,1-3H2,(H3,10,11,12,13,14). The number of ether oxygens (including phenoxy) is 1. The van der Waals surface area contributed by atoms with Gasteiger partial charge < -0.3 is 15.5 Å². The summed E-state index contributed by atoms with van der Waals surface area (Å²) in [5, 5.41) is 0. The number of nitrogens with one attached hydrogen (secondary N) is 1. The molecule has 0 unspecified atom stereocenters. The number of anilines is 1. The highest BCUT2D eigenvalue weighted by molar-refractivity contribution is 5.76. The van der Waals surface area contributed by atoms with Gasteiger partial charge in [0, 0.05) is 0 Å². The van der Waals surface area contributed by atoms with E-state index in [0.29, 0.717) is 11.5 Å². The van der Waals surface area contributed by atoms with Crippen molar-refractivity contribution in [3.8, 4) is 5.88 Å². The maximum atomic E-state index is 5.70. The van der Waals surface area contributed by atoms with Crippen molar-refractivity contribution >= 4 is 17.1 Å². The summed E-state index contributed by atoms with van der Waals surface area (Å²) in [6.07, 6.45) is 5.22. The number of imidazole rings is 1. The molecule has 1 saturated carbocycles. The minimum absolute atomic E-state index is 0.198. The third-order valence-electron chi connectivity index (χ3n) is 2.60. The summed E-state index contributed by atoms with van der Waals surface area (Å²) in [5.74, 6) is 0.712. The predicted octanol–water partition coefficient (Wildman–Crippen LogP) is 0.866. The van der Waals surface area contributed by atoms with Crippen LogP contribution in [0.2, 0.25) is 0 Å². The predicted molar refractivity (Wildman–Crippen MR) is 54.4 cm³/mol. The number of nitrogens with zero attached hydrogens (tertiary/aromatic N) is 3. The molecular formula is C9H11N5O. The first-order valence-corrected chi connectivity index (χ1v) is 4.96. The molecule has 0 atom stereocenters. The van der Waals surface area contributed by atoms with Gasteiger partial charge in [0.25, 0.3) is 0 Å². The van der Waals surface area contributed by atoms with Gasteiger partial charge in [0.1, 0.15) is 11.6 Å². The Bertz CT molecular complexity index is 490. The number of hydrogen-bond acceptors (Lipinski definition) is 5. The van der Waals surface area contributed by atoms with Crippen molar-refractivity contribution in [3.05, 3.63) is 6.33 Å². The number of nitrogen functional groups attached to an aromatic ring is 1. The maximum Gasteiger partial charge on any atom is 0.245 e. The van der Waals surface area contributed by atoms with E-state index < -0.39 is 0 Å². The van der Waals surface area contributed by atoms with Gasteiger partial charge in [-0.05, 0) is 19.3 Å². The Kier molecular flexibility index (Phi) is 1.74. The van der Waals surface area contributed by atoms with Crippen LogP contribution in [-0.4, -0.2) is 26.0 Å². The van der Waals surface area contributed by atoms with Gasteiger partial charge in [-0.1, -0.05) is 0 Å². The second-order valence-corrected chi connectivity index (χ2v) is 3.66. The van der Waals surface area contributed by atoms with Crippen molar-refractivity contribution in [3.63, 3.8) is 0 Å². The van der Waals surface area contributed by atoms with E-state index >= 15 is 0 Å². The van der Waals surface area contributed by atoms with Crippen LogP contribution in [0.25, 0.3) is 11.2 Å². The molecule has 1 aliphatic carbocycles. The molecule has 3 N–H and O–H groups in total. The zero-order valence-electron chi connectivity index (χ0n) is 8.10. The highest BCUT2D eigenvalue weighted by Crippen LogP contribution is 2.27. The summed E-state index contributed by atoms with van der Waals surface area (Å²) in [4.78, 5) is 15.0. The van der Waals surface area contributed by atoms with E-state index in [2.05, 4.69) is 19.9 Å². The second kappa shape index (κ2) is 3.08. The Morgan fingerprint density at radius 1 is 1.40 bits per heavy atom. The summed E-state index contributed by atoms with van der Waals surface area (Å²) >= 11 is 0.